The van der Waals surface area contributed by atoms with Gasteiger partial charge in [0.15, 0.2) is 5.69 Å². The van der Waals surface area contributed by atoms with Gasteiger partial charge in [-0.25, -0.2) is 14.6 Å². The lowest BCUT2D eigenvalue weighted by Crippen LogP contribution is -2.28. The lowest BCUT2D eigenvalue weighted by molar-refractivity contribution is 0.0636. The number of pyridine rings is 1. The Kier molecular flexibility index (Phi) is 3.80. The summed E-state index contributed by atoms with van der Waals surface area (Å²) < 4.78 is 5.12. The largest absolute Gasteiger partial charge is 0.476 e. The van der Waals surface area contributed by atoms with Gasteiger partial charge in [-0.2, -0.15) is 0 Å². The molecule has 0 fully saturated rings. The summed E-state index contributed by atoms with van der Waals surface area (Å²) in [5.41, 5.74) is -0.239. The number of aromatic carboxylic acids is 1. The number of carboxylic acids is 1. The number of carbonyl (C=O) groups is 2. The van der Waals surface area contributed by atoms with Gasteiger partial charge in [-0.1, -0.05) is 18.2 Å². The van der Waals surface area contributed by atoms with E-state index in [1.165, 1.54) is 0 Å². The molecule has 1 amide bonds. The standard InChI is InChI=1S/C15H16N2O4/c1-15(2,3)21-14(20)17-11-8-9-6-4-5-7-10(9)16-12(11)13(18)19/h4-8H,1-3H3,(H,17,20)(H,18,19). The first-order chi connectivity index (χ1) is 9.76. The number of nitrogens with one attached hydrogen (secondary N) is 1. The lowest BCUT2D eigenvalue weighted by atomic mass is 10.1. The van der Waals surface area contributed by atoms with E-state index in [9.17, 15) is 14.7 Å². The number of nitrogens with zero attached hydrogens (tertiary/aromatic N) is 1. The van der Waals surface area contributed by atoms with Crippen molar-refractivity contribution in [1.82, 2.24) is 4.98 Å². The van der Waals surface area contributed by atoms with E-state index in [1.54, 1.807) is 45.0 Å². The van der Waals surface area contributed by atoms with Gasteiger partial charge in [0.05, 0.1) is 11.2 Å². The number of carbonyl (C=O) groups excluding carboxylic acids is 1. The zero-order valence-electron chi connectivity index (χ0n) is 12.0. The molecule has 21 heavy (non-hydrogen) atoms. The average Bonchev–Trinajstić information content (AvgIpc) is 2.35. The summed E-state index contributed by atoms with van der Waals surface area (Å²) in [5.74, 6) is -1.22. The third-order valence-electron chi connectivity index (χ3n) is 2.56. The topological polar surface area (TPSA) is 88.5 Å². The molecule has 0 bridgehead atoms. The number of rotatable bonds is 2. The summed E-state index contributed by atoms with van der Waals surface area (Å²) in [6.45, 7) is 5.18. The van der Waals surface area contributed by atoms with E-state index in [4.69, 9.17) is 4.74 Å². The molecule has 0 unspecified atom stereocenters. The third kappa shape index (κ3) is 3.68. The molecule has 1 aromatic carbocycles. The maximum Gasteiger partial charge on any atom is 0.412 e. The minimum Gasteiger partial charge on any atom is -0.476 e. The molecule has 6 heteroatoms. The molecule has 1 aromatic heterocycles. The van der Waals surface area contributed by atoms with Crippen LogP contribution in [-0.2, 0) is 4.74 Å². The summed E-state index contributed by atoms with van der Waals surface area (Å²) in [7, 11) is 0. The molecule has 6 nitrogen and oxygen atoms in total. The van der Waals surface area contributed by atoms with Crippen LogP contribution in [0.15, 0.2) is 30.3 Å². The second-order valence-corrected chi connectivity index (χ2v) is 5.51. The number of fused-ring (bicyclic) bond motifs is 1. The Morgan fingerprint density at radius 3 is 2.52 bits per heavy atom. The first-order valence-electron chi connectivity index (χ1n) is 6.39. The second-order valence-electron chi connectivity index (χ2n) is 5.51. The minimum absolute atomic E-state index is 0.107. The first kappa shape index (κ1) is 14.8. The predicted octanol–water partition coefficient (Wildman–Crippen LogP) is 3.28. The molecule has 0 saturated heterocycles. The van der Waals surface area contributed by atoms with Crippen molar-refractivity contribution < 1.29 is 19.4 Å². The van der Waals surface area contributed by atoms with Crippen molar-refractivity contribution in [3.05, 3.63) is 36.0 Å². The SMILES string of the molecule is CC(C)(C)OC(=O)Nc1cc2ccccc2nc1C(=O)O. The van der Waals surface area contributed by atoms with E-state index in [0.717, 1.165) is 5.39 Å². The number of hydrogen-bond acceptors (Lipinski definition) is 4. The Labute approximate surface area is 121 Å². The molecule has 110 valence electrons. The Morgan fingerprint density at radius 2 is 1.90 bits per heavy atom. The van der Waals surface area contributed by atoms with Gasteiger partial charge in [0.25, 0.3) is 0 Å². The van der Waals surface area contributed by atoms with Crippen LogP contribution in [0.1, 0.15) is 31.3 Å². The number of carboxylic acid groups (broad SMARTS) is 1. The first-order valence-corrected chi connectivity index (χ1v) is 6.39. The highest BCUT2D eigenvalue weighted by molar-refractivity contribution is 6.00. The average molecular weight is 288 g/mol. The number of para-hydroxylation sites is 1. The molecule has 2 rings (SSSR count). The van der Waals surface area contributed by atoms with Gasteiger partial charge in [0, 0.05) is 5.39 Å². The number of benzene rings is 1. The van der Waals surface area contributed by atoms with Crippen LogP contribution in [-0.4, -0.2) is 27.8 Å². The Balaban J connectivity index is 2.39. The van der Waals surface area contributed by atoms with E-state index >= 15 is 0 Å². The van der Waals surface area contributed by atoms with Crippen LogP contribution in [0.4, 0.5) is 10.5 Å². The van der Waals surface area contributed by atoms with Crippen LogP contribution in [0.5, 0.6) is 0 Å². The molecule has 0 aliphatic carbocycles. The van der Waals surface area contributed by atoms with Crippen LogP contribution in [0.3, 0.4) is 0 Å². The zero-order valence-corrected chi connectivity index (χ0v) is 12.0. The smallest absolute Gasteiger partial charge is 0.412 e. The number of aromatic nitrogens is 1. The fourth-order valence-corrected chi connectivity index (χ4v) is 1.79. The van der Waals surface area contributed by atoms with Gasteiger partial charge >= 0.3 is 12.1 Å². The lowest BCUT2D eigenvalue weighted by Gasteiger charge is -2.20. The van der Waals surface area contributed by atoms with Gasteiger partial charge in [0.1, 0.15) is 5.60 Å². The van der Waals surface area contributed by atoms with Crippen molar-refractivity contribution >= 4 is 28.7 Å². The molecule has 1 heterocycles. The van der Waals surface area contributed by atoms with Crippen LogP contribution >= 0.6 is 0 Å². The Hall–Kier alpha value is -2.63. The molecular formula is C15H16N2O4. The van der Waals surface area contributed by atoms with Crippen molar-refractivity contribution in [1.29, 1.82) is 0 Å². The Bertz CT molecular complexity index is 704. The van der Waals surface area contributed by atoms with E-state index in [-0.39, 0.29) is 11.4 Å². The highest BCUT2D eigenvalue weighted by Crippen LogP contribution is 2.22. The van der Waals surface area contributed by atoms with Crippen molar-refractivity contribution in [3.63, 3.8) is 0 Å². The molecule has 2 aromatic rings. The molecule has 0 atom stereocenters. The van der Waals surface area contributed by atoms with Gasteiger partial charge in [-0.15, -0.1) is 0 Å². The summed E-state index contributed by atoms with van der Waals surface area (Å²) in [6.07, 6.45) is -0.720. The quantitative estimate of drug-likeness (QED) is 0.885. The molecule has 0 radical (unpaired) electrons. The van der Waals surface area contributed by atoms with Gasteiger partial charge in [0.2, 0.25) is 0 Å². The highest BCUT2D eigenvalue weighted by Gasteiger charge is 2.20. The normalized spacial score (nSPS) is 11.2. The van der Waals surface area contributed by atoms with Crippen LogP contribution < -0.4 is 5.32 Å². The fourth-order valence-electron chi connectivity index (χ4n) is 1.79. The highest BCUT2D eigenvalue weighted by atomic mass is 16.6. The molecule has 0 spiro atoms. The summed E-state index contributed by atoms with van der Waals surface area (Å²) in [6, 6.07) is 8.63. The summed E-state index contributed by atoms with van der Waals surface area (Å²) >= 11 is 0. The van der Waals surface area contributed by atoms with E-state index < -0.39 is 17.7 Å². The molecule has 0 saturated carbocycles. The van der Waals surface area contributed by atoms with Crippen molar-refractivity contribution in [2.24, 2.45) is 0 Å². The maximum absolute atomic E-state index is 11.8. The van der Waals surface area contributed by atoms with Crippen molar-refractivity contribution in [2.75, 3.05) is 5.32 Å². The van der Waals surface area contributed by atoms with E-state index in [1.807, 2.05) is 6.07 Å². The molecule has 0 aliphatic heterocycles. The maximum atomic E-state index is 11.8. The minimum atomic E-state index is -1.22. The molecule has 0 aliphatic rings. The summed E-state index contributed by atoms with van der Waals surface area (Å²) in [5, 5.41) is 12.4. The van der Waals surface area contributed by atoms with Crippen LogP contribution in [0.25, 0.3) is 10.9 Å². The van der Waals surface area contributed by atoms with Gasteiger partial charge in [-0.05, 0) is 32.9 Å². The van der Waals surface area contributed by atoms with Crippen LogP contribution in [0, 0.1) is 0 Å². The monoisotopic (exact) mass is 288 g/mol. The third-order valence-corrected chi connectivity index (χ3v) is 2.56. The zero-order chi connectivity index (χ0) is 15.6. The molecule has 2 N–H and O–H groups in total. The number of anilines is 1. The fraction of sp³-hybridized carbons (Fsp3) is 0.267. The van der Waals surface area contributed by atoms with Crippen molar-refractivity contribution in [3.8, 4) is 0 Å². The van der Waals surface area contributed by atoms with Crippen molar-refractivity contribution in [2.45, 2.75) is 26.4 Å². The van der Waals surface area contributed by atoms with E-state index in [0.29, 0.717) is 5.52 Å². The van der Waals surface area contributed by atoms with Gasteiger partial charge < -0.3 is 9.84 Å². The van der Waals surface area contributed by atoms with Gasteiger partial charge in [-0.3, -0.25) is 5.32 Å². The van der Waals surface area contributed by atoms with E-state index in [2.05, 4.69) is 10.3 Å². The predicted molar refractivity (Wildman–Crippen MR) is 78.6 cm³/mol. The number of amides is 1. The summed E-state index contributed by atoms with van der Waals surface area (Å²) in [4.78, 5) is 27.1. The number of ether oxygens (including phenoxy) is 1. The molecular weight excluding hydrogens is 272 g/mol. The number of hydrogen-bond donors (Lipinski definition) is 2. The Morgan fingerprint density at radius 1 is 1.24 bits per heavy atom. The van der Waals surface area contributed by atoms with Crippen LogP contribution in [0.2, 0.25) is 0 Å². The second kappa shape index (κ2) is 5.40.